The van der Waals surface area contributed by atoms with Crippen molar-refractivity contribution in [3.63, 3.8) is 0 Å². The highest BCUT2D eigenvalue weighted by molar-refractivity contribution is 5.82. The summed E-state index contributed by atoms with van der Waals surface area (Å²) in [5.41, 5.74) is 2.44. The number of fused-ring (bicyclic) bond motifs is 3. The zero-order valence-corrected chi connectivity index (χ0v) is 21.2. The first kappa shape index (κ1) is 26.3. The summed E-state index contributed by atoms with van der Waals surface area (Å²) in [4.78, 5) is 37.1. The summed E-state index contributed by atoms with van der Waals surface area (Å²) < 4.78 is 5.63. The van der Waals surface area contributed by atoms with E-state index in [1.807, 2.05) is 31.2 Å². The van der Waals surface area contributed by atoms with Gasteiger partial charge in [-0.1, -0.05) is 61.9 Å². The molecular weight excluding hydrogens is 444 g/mol. The van der Waals surface area contributed by atoms with E-state index in [1.165, 1.54) is 0 Å². The second kappa shape index (κ2) is 10.5. The first-order chi connectivity index (χ1) is 16.5. The van der Waals surface area contributed by atoms with E-state index in [9.17, 15) is 19.5 Å². The van der Waals surface area contributed by atoms with Crippen LogP contribution in [-0.4, -0.2) is 41.3 Å². The van der Waals surface area contributed by atoms with Crippen LogP contribution in [-0.2, 0) is 14.3 Å². The Kier molecular flexibility index (Phi) is 7.88. The Morgan fingerprint density at radius 2 is 1.51 bits per heavy atom. The van der Waals surface area contributed by atoms with Crippen LogP contribution < -0.4 is 10.6 Å². The molecule has 0 radical (unpaired) electrons. The monoisotopic (exact) mass is 480 g/mol. The number of carbonyl (C=O) groups is 3. The SMILES string of the molecule is CCC[C@@H](CC(=O)NC(C)(C)C(C)(C)C(=O)O)NC(=O)OCC1c2ccccc2-c2ccccc21. The average molecular weight is 481 g/mol. The van der Waals surface area contributed by atoms with Crippen molar-refractivity contribution in [3.8, 4) is 11.1 Å². The van der Waals surface area contributed by atoms with E-state index in [1.54, 1.807) is 27.7 Å². The summed E-state index contributed by atoms with van der Waals surface area (Å²) in [6.45, 7) is 8.70. The number of carboxylic acids is 1. The molecule has 0 bridgehead atoms. The highest BCUT2D eigenvalue weighted by Gasteiger charge is 2.44. The third-order valence-electron chi connectivity index (χ3n) is 7.28. The van der Waals surface area contributed by atoms with Gasteiger partial charge in [0.1, 0.15) is 6.61 Å². The number of carbonyl (C=O) groups excluding carboxylic acids is 2. The first-order valence-corrected chi connectivity index (χ1v) is 12.1. The second-order valence-corrected chi connectivity index (χ2v) is 10.3. The van der Waals surface area contributed by atoms with Crippen molar-refractivity contribution in [3.05, 3.63) is 59.7 Å². The smallest absolute Gasteiger partial charge is 0.407 e. The molecule has 7 heteroatoms. The maximum absolute atomic E-state index is 12.7. The third-order valence-corrected chi connectivity index (χ3v) is 7.28. The number of hydrogen-bond donors (Lipinski definition) is 3. The number of nitrogens with one attached hydrogen (secondary N) is 2. The number of hydrogen-bond acceptors (Lipinski definition) is 4. The van der Waals surface area contributed by atoms with Crippen LogP contribution in [0.3, 0.4) is 0 Å². The van der Waals surface area contributed by atoms with E-state index in [0.29, 0.717) is 6.42 Å². The van der Waals surface area contributed by atoms with Crippen molar-refractivity contribution < 1.29 is 24.2 Å². The van der Waals surface area contributed by atoms with E-state index < -0.39 is 29.1 Å². The van der Waals surface area contributed by atoms with Crippen LogP contribution in [0.5, 0.6) is 0 Å². The van der Waals surface area contributed by atoms with Gasteiger partial charge in [0.25, 0.3) is 0 Å². The summed E-state index contributed by atoms with van der Waals surface area (Å²) in [7, 11) is 0. The van der Waals surface area contributed by atoms with E-state index >= 15 is 0 Å². The summed E-state index contributed by atoms with van der Waals surface area (Å²) >= 11 is 0. The van der Waals surface area contributed by atoms with Gasteiger partial charge in [0.15, 0.2) is 0 Å². The molecule has 0 fully saturated rings. The van der Waals surface area contributed by atoms with Gasteiger partial charge in [0, 0.05) is 23.9 Å². The molecule has 188 valence electrons. The predicted molar refractivity (Wildman–Crippen MR) is 135 cm³/mol. The Labute approximate surface area is 207 Å². The zero-order valence-electron chi connectivity index (χ0n) is 21.2. The molecule has 0 aliphatic heterocycles. The molecule has 0 spiro atoms. The molecule has 2 amide bonds. The maximum Gasteiger partial charge on any atom is 0.407 e. The van der Waals surface area contributed by atoms with E-state index in [-0.39, 0.29) is 24.9 Å². The molecule has 1 aliphatic carbocycles. The number of carboxylic acid groups (broad SMARTS) is 1. The molecule has 0 aromatic heterocycles. The van der Waals surface area contributed by atoms with Gasteiger partial charge < -0.3 is 20.5 Å². The highest BCUT2D eigenvalue weighted by atomic mass is 16.5. The maximum atomic E-state index is 12.7. The molecule has 2 aromatic carbocycles. The molecule has 0 heterocycles. The van der Waals surface area contributed by atoms with E-state index in [2.05, 4.69) is 34.9 Å². The lowest BCUT2D eigenvalue weighted by Crippen LogP contribution is -2.57. The molecule has 0 saturated carbocycles. The largest absolute Gasteiger partial charge is 0.481 e. The van der Waals surface area contributed by atoms with Gasteiger partial charge >= 0.3 is 12.1 Å². The lowest BCUT2D eigenvalue weighted by molar-refractivity contribution is -0.151. The Bertz CT molecular complexity index is 1050. The highest BCUT2D eigenvalue weighted by Crippen LogP contribution is 2.44. The summed E-state index contributed by atoms with van der Waals surface area (Å²) in [6, 6.07) is 15.9. The molecule has 35 heavy (non-hydrogen) atoms. The Hall–Kier alpha value is -3.35. The number of rotatable bonds is 10. The van der Waals surface area contributed by atoms with Gasteiger partial charge in [-0.3, -0.25) is 9.59 Å². The van der Waals surface area contributed by atoms with Crippen LogP contribution in [0.25, 0.3) is 11.1 Å². The van der Waals surface area contributed by atoms with Crippen molar-refractivity contribution in [2.75, 3.05) is 6.61 Å². The van der Waals surface area contributed by atoms with Gasteiger partial charge in [0.2, 0.25) is 5.91 Å². The minimum absolute atomic E-state index is 0.0389. The Balaban J connectivity index is 1.61. The topological polar surface area (TPSA) is 105 Å². The number of alkyl carbamates (subject to hydrolysis) is 1. The molecule has 7 nitrogen and oxygen atoms in total. The number of ether oxygens (including phenoxy) is 1. The minimum atomic E-state index is -1.16. The molecule has 1 atom stereocenters. The predicted octanol–water partition coefficient (Wildman–Crippen LogP) is 5.09. The fraction of sp³-hybridized carbons (Fsp3) is 0.464. The van der Waals surface area contributed by atoms with Crippen LogP contribution in [0.2, 0.25) is 0 Å². The van der Waals surface area contributed by atoms with Crippen molar-refractivity contribution in [1.29, 1.82) is 0 Å². The normalized spacial score (nSPS) is 14.0. The number of amides is 2. The molecule has 0 unspecified atom stereocenters. The van der Waals surface area contributed by atoms with Gasteiger partial charge in [-0.15, -0.1) is 0 Å². The first-order valence-electron chi connectivity index (χ1n) is 12.1. The lowest BCUT2D eigenvalue weighted by atomic mass is 9.74. The van der Waals surface area contributed by atoms with Crippen molar-refractivity contribution in [1.82, 2.24) is 10.6 Å². The van der Waals surface area contributed by atoms with Crippen LogP contribution in [0.15, 0.2) is 48.5 Å². The van der Waals surface area contributed by atoms with Crippen molar-refractivity contribution in [2.45, 2.75) is 71.4 Å². The molecule has 1 aliphatic rings. The molecule has 2 aromatic rings. The van der Waals surface area contributed by atoms with Crippen LogP contribution >= 0.6 is 0 Å². The van der Waals surface area contributed by atoms with Crippen LogP contribution in [0.4, 0.5) is 4.79 Å². The van der Waals surface area contributed by atoms with Crippen molar-refractivity contribution >= 4 is 18.0 Å². The van der Waals surface area contributed by atoms with Gasteiger partial charge in [-0.25, -0.2) is 4.79 Å². The fourth-order valence-electron chi connectivity index (χ4n) is 4.43. The Morgan fingerprint density at radius 3 is 2.03 bits per heavy atom. The van der Waals surface area contributed by atoms with E-state index in [4.69, 9.17) is 4.74 Å². The standard InChI is InChI=1S/C28H36N2O5/c1-6-11-18(16-24(31)30-28(4,5)27(2,3)25(32)33)29-26(34)35-17-23-21-14-9-7-12-19(21)20-13-8-10-15-22(20)23/h7-10,12-15,18,23H,6,11,16-17H2,1-5H3,(H,29,34)(H,30,31)(H,32,33)/t18-/m0/s1. The summed E-state index contributed by atoms with van der Waals surface area (Å²) in [5, 5.41) is 15.2. The minimum Gasteiger partial charge on any atom is -0.481 e. The van der Waals surface area contributed by atoms with Gasteiger partial charge in [0.05, 0.1) is 5.41 Å². The summed E-state index contributed by atoms with van der Waals surface area (Å²) in [6.07, 6.45) is 0.839. The molecule has 3 rings (SSSR count). The fourth-order valence-corrected chi connectivity index (χ4v) is 4.43. The van der Waals surface area contributed by atoms with Crippen LogP contribution in [0.1, 0.15) is 70.9 Å². The second-order valence-electron chi connectivity index (χ2n) is 10.3. The molecule has 0 saturated heterocycles. The van der Waals surface area contributed by atoms with Gasteiger partial charge in [-0.2, -0.15) is 0 Å². The molecule has 3 N–H and O–H groups in total. The Morgan fingerprint density at radius 1 is 0.971 bits per heavy atom. The average Bonchev–Trinajstić information content (AvgIpc) is 3.11. The van der Waals surface area contributed by atoms with Crippen molar-refractivity contribution in [2.24, 2.45) is 5.41 Å². The molecular formula is C28H36N2O5. The van der Waals surface area contributed by atoms with Crippen LogP contribution in [0, 0.1) is 5.41 Å². The zero-order chi connectivity index (χ0) is 25.8. The van der Waals surface area contributed by atoms with E-state index in [0.717, 1.165) is 28.7 Å². The number of aliphatic carboxylic acids is 1. The van der Waals surface area contributed by atoms with Gasteiger partial charge in [-0.05, 0) is 56.4 Å². The third kappa shape index (κ3) is 5.66. The number of benzene rings is 2. The lowest BCUT2D eigenvalue weighted by Gasteiger charge is -2.39. The summed E-state index contributed by atoms with van der Waals surface area (Å²) in [5.74, 6) is -1.36. The quantitative estimate of drug-likeness (QED) is 0.439.